The zero-order valence-electron chi connectivity index (χ0n) is 7.38. The second-order valence-electron chi connectivity index (χ2n) is 2.77. The minimum Gasteiger partial charge on any atom is -0.481 e. The molecule has 0 aliphatic rings. The summed E-state index contributed by atoms with van der Waals surface area (Å²) in [5.41, 5.74) is 3.06. The molecule has 82 valence electrons. The average molecular weight is 220 g/mol. The maximum Gasteiger partial charge on any atom is 0.309 e. The first-order valence-electron chi connectivity index (χ1n) is 3.86. The van der Waals surface area contributed by atoms with Crippen molar-refractivity contribution < 1.29 is 23.1 Å². The Balaban J connectivity index is 3.17. The number of carboxylic acid groups (broad SMARTS) is 1. The van der Waals surface area contributed by atoms with Gasteiger partial charge in [-0.2, -0.15) is 0 Å². The van der Waals surface area contributed by atoms with Gasteiger partial charge in [0.2, 0.25) is 0 Å². The summed E-state index contributed by atoms with van der Waals surface area (Å²) in [5.74, 6) is -2.37. The molecular formula is C8H7F3N2O2. The molecule has 0 saturated carbocycles. The van der Waals surface area contributed by atoms with E-state index in [4.69, 9.17) is 10.8 Å². The van der Waals surface area contributed by atoms with Crippen molar-refractivity contribution in [3.8, 4) is 0 Å². The Kier molecular flexibility index (Phi) is 3.13. The first-order chi connectivity index (χ1) is 6.91. The van der Waals surface area contributed by atoms with Crippen LogP contribution in [0.3, 0.4) is 0 Å². The molecule has 0 saturated heterocycles. The Hall–Kier alpha value is -1.79. The number of rotatable bonds is 3. The van der Waals surface area contributed by atoms with Crippen LogP contribution in [0.15, 0.2) is 6.07 Å². The van der Waals surface area contributed by atoms with Gasteiger partial charge in [0.25, 0.3) is 6.43 Å². The maximum absolute atomic E-state index is 13.0. The smallest absolute Gasteiger partial charge is 0.309 e. The Morgan fingerprint density at radius 2 is 2.20 bits per heavy atom. The van der Waals surface area contributed by atoms with Crippen molar-refractivity contribution in [2.24, 2.45) is 0 Å². The van der Waals surface area contributed by atoms with Crippen LogP contribution < -0.4 is 5.73 Å². The predicted octanol–water partition coefficient (Wildman–Crippen LogP) is 1.37. The van der Waals surface area contributed by atoms with Gasteiger partial charge >= 0.3 is 5.97 Å². The first kappa shape index (κ1) is 11.3. The summed E-state index contributed by atoms with van der Waals surface area (Å²) in [7, 11) is 0. The fourth-order valence-electron chi connectivity index (χ4n) is 1.01. The number of hydrogen-bond acceptors (Lipinski definition) is 3. The second kappa shape index (κ2) is 4.16. The lowest BCUT2D eigenvalue weighted by molar-refractivity contribution is -0.136. The van der Waals surface area contributed by atoms with Gasteiger partial charge in [-0.3, -0.25) is 4.79 Å². The number of carbonyl (C=O) groups is 1. The molecule has 0 aliphatic heterocycles. The number of nitrogens with zero attached hydrogens (tertiary/aromatic N) is 1. The number of carboxylic acids is 1. The highest BCUT2D eigenvalue weighted by Gasteiger charge is 2.18. The molecule has 1 rings (SSSR count). The van der Waals surface area contributed by atoms with Crippen molar-refractivity contribution in [3.63, 3.8) is 0 Å². The first-order valence-corrected chi connectivity index (χ1v) is 3.86. The van der Waals surface area contributed by atoms with Gasteiger partial charge in [0.05, 0.1) is 17.8 Å². The minimum absolute atomic E-state index is 0.287. The summed E-state index contributed by atoms with van der Waals surface area (Å²) in [6.07, 6.45) is -3.66. The van der Waals surface area contributed by atoms with Crippen molar-refractivity contribution in [2.45, 2.75) is 12.8 Å². The largest absolute Gasteiger partial charge is 0.481 e. The van der Waals surface area contributed by atoms with Crippen molar-refractivity contribution in [1.29, 1.82) is 0 Å². The van der Waals surface area contributed by atoms with Crippen LogP contribution in [0.2, 0.25) is 0 Å². The lowest BCUT2D eigenvalue weighted by Gasteiger charge is -2.06. The van der Waals surface area contributed by atoms with Crippen LogP contribution in [-0.4, -0.2) is 16.1 Å². The SMILES string of the molecule is Nc1c(F)cc(CC(=O)O)nc1C(F)F. The van der Waals surface area contributed by atoms with Crippen molar-refractivity contribution in [1.82, 2.24) is 4.98 Å². The molecule has 0 unspecified atom stereocenters. The van der Waals surface area contributed by atoms with Gasteiger partial charge in [0.1, 0.15) is 11.5 Å². The van der Waals surface area contributed by atoms with E-state index < -0.39 is 36.0 Å². The number of halogens is 3. The Morgan fingerprint density at radius 3 is 2.67 bits per heavy atom. The van der Waals surface area contributed by atoms with E-state index >= 15 is 0 Å². The third kappa shape index (κ3) is 2.58. The zero-order chi connectivity index (χ0) is 11.6. The molecule has 1 aromatic heterocycles. The number of aliphatic carboxylic acids is 1. The summed E-state index contributed by atoms with van der Waals surface area (Å²) in [5, 5.41) is 8.38. The van der Waals surface area contributed by atoms with Gasteiger partial charge in [0, 0.05) is 0 Å². The number of nitrogen functional groups attached to an aromatic ring is 1. The summed E-state index contributed by atoms with van der Waals surface area (Å²) in [6.45, 7) is 0. The van der Waals surface area contributed by atoms with Crippen LogP contribution in [0.4, 0.5) is 18.9 Å². The lowest BCUT2D eigenvalue weighted by atomic mass is 10.2. The molecular weight excluding hydrogens is 213 g/mol. The normalized spacial score (nSPS) is 10.7. The Bertz CT molecular complexity index is 396. The van der Waals surface area contributed by atoms with Crippen molar-refractivity contribution >= 4 is 11.7 Å². The molecule has 3 N–H and O–H groups in total. The average Bonchev–Trinajstić information content (AvgIpc) is 2.09. The third-order valence-corrected chi connectivity index (χ3v) is 1.63. The highest BCUT2D eigenvalue weighted by atomic mass is 19.3. The monoisotopic (exact) mass is 220 g/mol. The maximum atomic E-state index is 13.0. The number of pyridine rings is 1. The summed E-state index contributed by atoms with van der Waals surface area (Å²) in [6, 6.07) is 0.731. The summed E-state index contributed by atoms with van der Waals surface area (Å²) < 4.78 is 37.5. The third-order valence-electron chi connectivity index (χ3n) is 1.63. The van der Waals surface area contributed by atoms with Crippen LogP contribution >= 0.6 is 0 Å². The molecule has 15 heavy (non-hydrogen) atoms. The van der Waals surface area contributed by atoms with E-state index in [0.29, 0.717) is 0 Å². The number of nitrogens with two attached hydrogens (primary N) is 1. The van der Waals surface area contributed by atoms with Crippen LogP contribution in [0.5, 0.6) is 0 Å². The topological polar surface area (TPSA) is 76.2 Å². The Labute approximate surface area is 82.5 Å². The standard InChI is InChI=1S/C8H7F3N2O2/c9-4-1-3(2-5(14)15)13-7(6(4)12)8(10)11/h1,8H,2,12H2,(H,14,15). The molecule has 0 fully saturated rings. The predicted molar refractivity (Wildman–Crippen MR) is 44.9 cm³/mol. The molecule has 4 nitrogen and oxygen atoms in total. The Morgan fingerprint density at radius 1 is 1.60 bits per heavy atom. The van der Waals surface area contributed by atoms with E-state index in [-0.39, 0.29) is 5.69 Å². The van der Waals surface area contributed by atoms with Gasteiger partial charge in [0.15, 0.2) is 0 Å². The zero-order valence-corrected chi connectivity index (χ0v) is 7.38. The fraction of sp³-hybridized carbons (Fsp3) is 0.250. The van der Waals surface area contributed by atoms with Gasteiger partial charge < -0.3 is 10.8 Å². The van der Waals surface area contributed by atoms with E-state index in [1.165, 1.54) is 0 Å². The molecule has 0 aliphatic carbocycles. The quantitative estimate of drug-likeness (QED) is 0.806. The highest BCUT2D eigenvalue weighted by molar-refractivity contribution is 5.69. The van der Waals surface area contributed by atoms with Gasteiger partial charge in [-0.05, 0) is 6.07 Å². The molecule has 1 heterocycles. The molecule has 0 spiro atoms. The van der Waals surface area contributed by atoms with E-state index in [9.17, 15) is 18.0 Å². The van der Waals surface area contributed by atoms with Crippen LogP contribution in [-0.2, 0) is 11.2 Å². The van der Waals surface area contributed by atoms with Crippen LogP contribution in [0.1, 0.15) is 17.8 Å². The number of anilines is 1. The molecule has 0 atom stereocenters. The molecule has 1 aromatic rings. The molecule has 0 aromatic carbocycles. The number of alkyl halides is 2. The van der Waals surface area contributed by atoms with Crippen molar-refractivity contribution in [2.75, 3.05) is 5.73 Å². The lowest BCUT2D eigenvalue weighted by Crippen LogP contribution is -2.08. The van der Waals surface area contributed by atoms with E-state index in [2.05, 4.69) is 4.98 Å². The fourth-order valence-corrected chi connectivity index (χ4v) is 1.01. The molecule has 0 amide bonds. The van der Waals surface area contributed by atoms with Gasteiger partial charge in [-0.25, -0.2) is 18.2 Å². The summed E-state index contributed by atoms with van der Waals surface area (Å²) >= 11 is 0. The minimum atomic E-state index is -3.03. The molecule has 0 bridgehead atoms. The summed E-state index contributed by atoms with van der Waals surface area (Å²) in [4.78, 5) is 13.5. The second-order valence-corrected chi connectivity index (χ2v) is 2.77. The van der Waals surface area contributed by atoms with Crippen LogP contribution in [0.25, 0.3) is 0 Å². The van der Waals surface area contributed by atoms with E-state index in [0.717, 1.165) is 6.07 Å². The number of hydrogen-bond donors (Lipinski definition) is 2. The molecule has 7 heteroatoms. The molecule has 0 radical (unpaired) electrons. The van der Waals surface area contributed by atoms with E-state index in [1.54, 1.807) is 0 Å². The highest BCUT2D eigenvalue weighted by Crippen LogP contribution is 2.25. The van der Waals surface area contributed by atoms with Crippen LogP contribution in [0, 0.1) is 5.82 Å². The van der Waals surface area contributed by atoms with E-state index in [1.807, 2.05) is 0 Å². The van der Waals surface area contributed by atoms with Gasteiger partial charge in [-0.15, -0.1) is 0 Å². The van der Waals surface area contributed by atoms with Gasteiger partial charge in [-0.1, -0.05) is 0 Å². The van der Waals surface area contributed by atoms with Crippen molar-refractivity contribution in [3.05, 3.63) is 23.3 Å². The number of aromatic nitrogens is 1.